The summed E-state index contributed by atoms with van der Waals surface area (Å²) in [6.07, 6.45) is 2.40. The quantitative estimate of drug-likeness (QED) is 0.148. The van der Waals surface area contributed by atoms with Crippen molar-refractivity contribution >= 4 is 28.1 Å². The molecule has 0 radical (unpaired) electrons. The smallest absolute Gasteiger partial charge is 0.271 e. The predicted molar refractivity (Wildman–Crippen MR) is 55.6 cm³/mol. The van der Waals surface area contributed by atoms with Gasteiger partial charge in [0.15, 0.2) is 17.5 Å². The average molecular weight is 207 g/mol. The van der Waals surface area contributed by atoms with Crippen LogP contribution in [0.4, 0.5) is 17.1 Å². The molecule has 0 spiro atoms. The number of aromatic nitrogens is 2. The minimum Gasteiger partial charge on any atom is -0.618 e. The van der Waals surface area contributed by atoms with Gasteiger partial charge >= 0.3 is 0 Å². The first-order valence-electron chi connectivity index (χ1n) is 4.07. The number of hydrogen-bond donors (Lipinski definition) is 4. The van der Waals surface area contributed by atoms with Crippen LogP contribution in [-0.4, -0.2) is 10.1 Å². The highest BCUT2D eigenvalue weighted by molar-refractivity contribution is 6.02. The Morgan fingerprint density at radius 1 is 1.20 bits per heavy atom. The van der Waals surface area contributed by atoms with Crippen molar-refractivity contribution in [3.8, 4) is 5.75 Å². The lowest BCUT2D eigenvalue weighted by molar-refractivity contribution is -0.576. The Morgan fingerprint density at radius 2 is 1.87 bits per heavy atom. The summed E-state index contributed by atoms with van der Waals surface area (Å²) in [5.41, 5.74) is 16.6. The van der Waals surface area contributed by atoms with Gasteiger partial charge in [-0.3, -0.25) is 0 Å². The van der Waals surface area contributed by atoms with Gasteiger partial charge in [0.1, 0.15) is 11.4 Å². The van der Waals surface area contributed by atoms with Gasteiger partial charge in [0.05, 0.1) is 11.9 Å². The van der Waals surface area contributed by atoms with Crippen LogP contribution in [0.25, 0.3) is 11.0 Å². The van der Waals surface area contributed by atoms with Crippen molar-refractivity contribution in [1.82, 2.24) is 4.98 Å². The number of nitrogens with zero attached hydrogens (tertiary/aromatic N) is 2. The lowest BCUT2D eigenvalue weighted by Gasteiger charge is -2.09. The summed E-state index contributed by atoms with van der Waals surface area (Å²) < 4.78 is 0.479. The molecule has 0 saturated carbocycles. The van der Waals surface area contributed by atoms with Gasteiger partial charge in [-0.2, -0.15) is 4.73 Å². The molecular formula is C8H9N5O2. The van der Waals surface area contributed by atoms with E-state index >= 15 is 0 Å². The molecule has 1 aromatic heterocycles. The second-order valence-corrected chi connectivity index (χ2v) is 3.04. The van der Waals surface area contributed by atoms with Crippen LogP contribution in [0.5, 0.6) is 5.75 Å². The van der Waals surface area contributed by atoms with Crippen molar-refractivity contribution < 1.29 is 9.84 Å². The van der Waals surface area contributed by atoms with Crippen LogP contribution in [-0.2, 0) is 0 Å². The molecule has 0 atom stereocenters. The SMILES string of the molecule is Nc1c(N)c(N)c2c(ncc[n+]2[O-])c1O. The van der Waals surface area contributed by atoms with Crippen LogP contribution in [0.15, 0.2) is 12.4 Å². The van der Waals surface area contributed by atoms with Crippen LogP contribution < -0.4 is 21.9 Å². The third-order valence-electron chi connectivity index (χ3n) is 2.17. The number of phenols is 1. The number of nitrogens with two attached hydrogens (primary N) is 3. The first-order valence-corrected chi connectivity index (χ1v) is 4.07. The topological polar surface area (TPSA) is 138 Å². The third kappa shape index (κ3) is 1.06. The summed E-state index contributed by atoms with van der Waals surface area (Å²) >= 11 is 0. The normalized spacial score (nSPS) is 10.7. The van der Waals surface area contributed by atoms with E-state index in [1.807, 2.05) is 0 Å². The second kappa shape index (κ2) is 2.77. The van der Waals surface area contributed by atoms with Gasteiger partial charge in [0.25, 0.3) is 5.52 Å². The van der Waals surface area contributed by atoms with E-state index in [9.17, 15) is 10.3 Å². The monoisotopic (exact) mass is 207 g/mol. The zero-order valence-corrected chi connectivity index (χ0v) is 7.64. The fourth-order valence-electron chi connectivity index (χ4n) is 1.36. The van der Waals surface area contributed by atoms with Crippen molar-refractivity contribution in [2.75, 3.05) is 17.2 Å². The lowest BCUT2D eigenvalue weighted by atomic mass is 10.1. The first-order chi connectivity index (χ1) is 7.04. The molecule has 0 aliphatic rings. The Labute approximate surface area is 84.3 Å². The van der Waals surface area contributed by atoms with Crippen molar-refractivity contribution in [1.29, 1.82) is 0 Å². The maximum Gasteiger partial charge on any atom is 0.271 e. The summed E-state index contributed by atoms with van der Waals surface area (Å²) in [4.78, 5) is 3.82. The minimum atomic E-state index is -0.332. The second-order valence-electron chi connectivity index (χ2n) is 3.04. The fraction of sp³-hybridized carbons (Fsp3) is 0. The molecule has 0 bridgehead atoms. The summed E-state index contributed by atoms with van der Waals surface area (Å²) in [5, 5.41) is 21.0. The molecule has 7 heteroatoms. The van der Waals surface area contributed by atoms with E-state index in [1.54, 1.807) is 0 Å². The standard InChI is InChI=1S/C8H9N5O2/c9-3-4(10)7-6(8(14)5(3)11)12-1-2-13(7)15/h1-2,14H,9-11H2. The average Bonchev–Trinajstić information content (AvgIpc) is 2.23. The largest absolute Gasteiger partial charge is 0.618 e. The van der Waals surface area contributed by atoms with Crippen LogP contribution in [0, 0.1) is 5.21 Å². The molecule has 78 valence electrons. The zero-order valence-electron chi connectivity index (χ0n) is 7.64. The molecule has 2 aromatic rings. The fourth-order valence-corrected chi connectivity index (χ4v) is 1.36. The minimum absolute atomic E-state index is 0.0155. The third-order valence-corrected chi connectivity index (χ3v) is 2.17. The Morgan fingerprint density at radius 3 is 2.53 bits per heavy atom. The number of phenolic OH excluding ortho intramolecular Hbond substituents is 1. The van der Waals surface area contributed by atoms with Gasteiger partial charge in [-0.15, -0.1) is 0 Å². The first kappa shape index (κ1) is 9.13. The van der Waals surface area contributed by atoms with E-state index in [-0.39, 0.29) is 33.8 Å². The summed E-state index contributed by atoms with van der Waals surface area (Å²) in [6.45, 7) is 0. The number of benzene rings is 1. The molecule has 0 unspecified atom stereocenters. The number of aromatic hydroxyl groups is 1. The molecule has 15 heavy (non-hydrogen) atoms. The Bertz CT molecular complexity index is 554. The molecule has 1 heterocycles. The van der Waals surface area contributed by atoms with E-state index in [0.717, 1.165) is 6.20 Å². The highest BCUT2D eigenvalue weighted by Gasteiger charge is 2.20. The van der Waals surface area contributed by atoms with E-state index in [4.69, 9.17) is 17.2 Å². The van der Waals surface area contributed by atoms with Gasteiger partial charge in [-0.25, -0.2) is 4.98 Å². The number of anilines is 3. The molecule has 1 aromatic carbocycles. The maximum absolute atomic E-state index is 11.4. The highest BCUT2D eigenvalue weighted by Crippen LogP contribution is 2.37. The van der Waals surface area contributed by atoms with Crippen molar-refractivity contribution in [3.05, 3.63) is 17.6 Å². The molecular weight excluding hydrogens is 198 g/mol. The number of hydrogen-bond acceptors (Lipinski definition) is 6. The summed E-state index contributed by atoms with van der Waals surface area (Å²) in [5.74, 6) is -0.332. The van der Waals surface area contributed by atoms with Crippen LogP contribution in [0.3, 0.4) is 0 Å². The molecule has 2 rings (SSSR count). The predicted octanol–water partition coefficient (Wildman–Crippen LogP) is -0.680. The molecule has 0 aliphatic carbocycles. The van der Waals surface area contributed by atoms with E-state index in [1.165, 1.54) is 6.20 Å². The molecule has 0 saturated heterocycles. The van der Waals surface area contributed by atoms with Gasteiger partial charge in [-0.1, -0.05) is 0 Å². The van der Waals surface area contributed by atoms with Gasteiger partial charge in [0.2, 0.25) is 0 Å². The van der Waals surface area contributed by atoms with Gasteiger partial charge in [-0.05, 0) is 0 Å². The Hall–Kier alpha value is -2.44. The number of rotatable bonds is 0. The summed E-state index contributed by atoms with van der Waals surface area (Å²) in [6, 6.07) is 0. The maximum atomic E-state index is 11.4. The number of fused-ring (bicyclic) bond motifs is 1. The van der Waals surface area contributed by atoms with Crippen LogP contribution in [0.2, 0.25) is 0 Å². The van der Waals surface area contributed by atoms with Crippen LogP contribution >= 0.6 is 0 Å². The molecule has 7 N–H and O–H groups in total. The zero-order chi connectivity index (χ0) is 11.2. The van der Waals surface area contributed by atoms with Crippen molar-refractivity contribution in [2.45, 2.75) is 0 Å². The summed E-state index contributed by atoms with van der Waals surface area (Å²) in [7, 11) is 0. The van der Waals surface area contributed by atoms with E-state index in [0.29, 0.717) is 4.73 Å². The Balaban J connectivity index is 3.08. The lowest BCUT2D eigenvalue weighted by Crippen LogP contribution is -2.28. The van der Waals surface area contributed by atoms with Crippen LogP contribution in [0.1, 0.15) is 0 Å². The van der Waals surface area contributed by atoms with E-state index in [2.05, 4.69) is 4.98 Å². The Kier molecular flexibility index (Phi) is 1.69. The molecule has 7 nitrogen and oxygen atoms in total. The van der Waals surface area contributed by atoms with Gasteiger partial charge < -0.3 is 27.5 Å². The van der Waals surface area contributed by atoms with Gasteiger partial charge in [0, 0.05) is 0 Å². The number of nitrogen functional groups attached to an aromatic ring is 3. The van der Waals surface area contributed by atoms with Crippen molar-refractivity contribution in [2.24, 2.45) is 0 Å². The molecule has 0 amide bonds. The van der Waals surface area contributed by atoms with Crippen molar-refractivity contribution in [3.63, 3.8) is 0 Å². The molecule has 0 aliphatic heterocycles. The molecule has 0 fully saturated rings. The highest BCUT2D eigenvalue weighted by atomic mass is 16.5. The van der Waals surface area contributed by atoms with E-state index < -0.39 is 0 Å².